The minimum absolute atomic E-state index is 0.0934. The fraction of sp³-hybridized carbons (Fsp3) is 0.320. The van der Waals surface area contributed by atoms with E-state index in [1.54, 1.807) is 13.8 Å². The van der Waals surface area contributed by atoms with Gasteiger partial charge in [0.2, 0.25) is 0 Å². The zero-order valence-corrected chi connectivity index (χ0v) is 19.8. The van der Waals surface area contributed by atoms with E-state index in [2.05, 4.69) is 11.5 Å². The Morgan fingerprint density at radius 2 is 1.26 bits per heavy atom. The molecular formula is C25H29NO4Si. The second-order valence-electron chi connectivity index (χ2n) is 7.84. The number of nitrogens with zero attached hydrogens (tertiary/aromatic N) is 1. The molecule has 2 aromatic rings. The highest BCUT2D eigenvalue weighted by Gasteiger charge is 2.49. The lowest BCUT2D eigenvalue weighted by Gasteiger charge is -2.23. The molecule has 0 aliphatic rings. The maximum atomic E-state index is 13.2. The molecule has 0 aliphatic carbocycles. The SMILES string of the molecule is CCOC(=O)C(C#C[Si](C)(C)C)(N=C(c1ccccc1)c1ccccc1)C(=O)OCC. The molecule has 0 fully saturated rings. The third-order valence-electron chi connectivity index (χ3n) is 4.13. The smallest absolute Gasteiger partial charge is 0.358 e. The number of hydrogen-bond acceptors (Lipinski definition) is 5. The van der Waals surface area contributed by atoms with E-state index in [-0.39, 0.29) is 13.2 Å². The van der Waals surface area contributed by atoms with Gasteiger partial charge in [-0.25, -0.2) is 14.6 Å². The van der Waals surface area contributed by atoms with Gasteiger partial charge in [0, 0.05) is 11.1 Å². The van der Waals surface area contributed by atoms with Crippen LogP contribution in [0.15, 0.2) is 65.7 Å². The maximum Gasteiger partial charge on any atom is 0.358 e. The van der Waals surface area contributed by atoms with Crippen LogP contribution in [-0.2, 0) is 19.1 Å². The first kappa shape index (κ1) is 24.1. The summed E-state index contributed by atoms with van der Waals surface area (Å²) in [6, 6.07) is 18.8. The molecule has 0 unspecified atom stereocenters. The zero-order chi connectivity index (χ0) is 22.9. The molecule has 31 heavy (non-hydrogen) atoms. The predicted octanol–water partition coefficient (Wildman–Crippen LogP) is 4.27. The largest absolute Gasteiger partial charge is 0.463 e. The summed E-state index contributed by atoms with van der Waals surface area (Å²) < 4.78 is 10.6. The number of carbonyl (C=O) groups is 2. The van der Waals surface area contributed by atoms with Crippen molar-refractivity contribution in [1.29, 1.82) is 0 Å². The van der Waals surface area contributed by atoms with Crippen molar-refractivity contribution in [1.82, 2.24) is 0 Å². The summed E-state index contributed by atoms with van der Waals surface area (Å²) >= 11 is 0. The van der Waals surface area contributed by atoms with E-state index >= 15 is 0 Å². The molecule has 0 atom stereocenters. The Bertz CT molecular complexity index is 923. The molecule has 2 rings (SSSR count). The summed E-state index contributed by atoms with van der Waals surface area (Å²) in [5.41, 5.74) is 2.99. The fourth-order valence-corrected chi connectivity index (χ4v) is 3.27. The summed E-state index contributed by atoms with van der Waals surface area (Å²) in [4.78, 5) is 31.1. The van der Waals surface area contributed by atoms with Crippen molar-refractivity contribution in [2.75, 3.05) is 13.2 Å². The number of rotatable bonds is 7. The monoisotopic (exact) mass is 435 g/mol. The summed E-state index contributed by atoms with van der Waals surface area (Å²) in [6.45, 7) is 9.63. The molecule has 6 heteroatoms. The molecule has 162 valence electrons. The Labute approximate surface area is 185 Å². The Hall–Kier alpha value is -3.17. The molecule has 0 aromatic heterocycles. The van der Waals surface area contributed by atoms with Gasteiger partial charge in [0.15, 0.2) is 0 Å². The maximum absolute atomic E-state index is 13.2. The molecular weight excluding hydrogens is 406 g/mol. The first-order chi connectivity index (χ1) is 14.7. The molecule has 5 nitrogen and oxygen atoms in total. The van der Waals surface area contributed by atoms with Crippen molar-refractivity contribution in [2.45, 2.75) is 39.0 Å². The van der Waals surface area contributed by atoms with Crippen molar-refractivity contribution < 1.29 is 19.1 Å². The lowest BCUT2D eigenvalue weighted by molar-refractivity contribution is -0.160. The van der Waals surface area contributed by atoms with Gasteiger partial charge in [-0.05, 0) is 13.8 Å². The molecule has 0 heterocycles. The minimum atomic E-state index is -2.10. The van der Waals surface area contributed by atoms with Gasteiger partial charge in [-0.3, -0.25) is 0 Å². The summed E-state index contributed by atoms with van der Waals surface area (Å²) in [7, 11) is -1.96. The van der Waals surface area contributed by atoms with Crippen molar-refractivity contribution in [3.63, 3.8) is 0 Å². The highest BCUT2D eigenvalue weighted by atomic mass is 28.3. The van der Waals surface area contributed by atoms with Gasteiger partial charge in [0.1, 0.15) is 8.07 Å². The van der Waals surface area contributed by atoms with E-state index in [1.165, 1.54) is 0 Å². The Balaban J connectivity index is 2.87. The van der Waals surface area contributed by atoms with Gasteiger partial charge in [0.05, 0.1) is 18.9 Å². The highest BCUT2D eigenvalue weighted by molar-refractivity contribution is 6.84. The molecule has 0 saturated carbocycles. The first-order valence-corrected chi connectivity index (χ1v) is 13.8. The number of esters is 2. The predicted molar refractivity (Wildman–Crippen MR) is 126 cm³/mol. The van der Waals surface area contributed by atoms with E-state index in [0.717, 1.165) is 11.1 Å². The van der Waals surface area contributed by atoms with Crippen LogP contribution in [0.1, 0.15) is 25.0 Å². The van der Waals surface area contributed by atoms with Crippen LogP contribution in [0.25, 0.3) is 0 Å². The lowest BCUT2D eigenvalue weighted by Crippen LogP contribution is -2.47. The second-order valence-corrected chi connectivity index (χ2v) is 12.6. The van der Waals surface area contributed by atoms with Crippen LogP contribution < -0.4 is 0 Å². The van der Waals surface area contributed by atoms with Crippen LogP contribution in [0.3, 0.4) is 0 Å². The Morgan fingerprint density at radius 1 is 0.839 bits per heavy atom. The highest BCUT2D eigenvalue weighted by Crippen LogP contribution is 2.22. The van der Waals surface area contributed by atoms with Crippen molar-refractivity contribution >= 4 is 25.7 Å². The standard InChI is InChI=1S/C25H29NO4Si/c1-6-29-23(27)25(24(28)30-7-2,18-19-31(3,4)5)26-22(20-14-10-8-11-15-20)21-16-12-9-13-17-21/h8-17H,6-7H2,1-5H3. The molecule has 0 amide bonds. The normalized spacial score (nSPS) is 11.0. The van der Waals surface area contributed by atoms with Crippen molar-refractivity contribution in [2.24, 2.45) is 4.99 Å². The van der Waals surface area contributed by atoms with Crippen molar-refractivity contribution in [3.8, 4) is 11.5 Å². The Morgan fingerprint density at radius 3 is 1.61 bits per heavy atom. The van der Waals surface area contributed by atoms with Gasteiger partial charge >= 0.3 is 17.5 Å². The van der Waals surface area contributed by atoms with Gasteiger partial charge in [-0.15, -0.1) is 5.54 Å². The van der Waals surface area contributed by atoms with Crippen LogP contribution in [-0.4, -0.2) is 44.5 Å². The number of aliphatic imine (C=N–C) groups is 1. The second kappa shape index (κ2) is 10.7. The van der Waals surface area contributed by atoms with E-state index in [9.17, 15) is 9.59 Å². The van der Waals surface area contributed by atoms with Crippen LogP contribution in [0.4, 0.5) is 0 Å². The third-order valence-corrected chi connectivity index (χ3v) is 5.01. The first-order valence-electron chi connectivity index (χ1n) is 10.3. The molecule has 0 N–H and O–H groups in total. The van der Waals surface area contributed by atoms with Crippen LogP contribution in [0.5, 0.6) is 0 Å². The number of benzene rings is 2. The zero-order valence-electron chi connectivity index (χ0n) is 18.8. The average Bonchev–Trinajstić information content (AvgIpc) is 2.75. The fourth-order valence-electron chi connectivity index (χ4n) is 2.71. The van der Waals surface area contributed by atoms with Gasteiger partial charge in [0.25, 0.3) is 0 Å². The van der Waals surface area contributed by atoms with E-state index in [0.29, 0.717) is 5.71 Å². The summed E-state index contributed by atoms with van der Waals surface area (Å²) in [6.07, 6.45) is 0. The van der Waals surface area contributed by atoms with E-state index < -0.39 is 25.6 Å². The van der Waals surface area contributed by atoms with Crippen LogP contribution in [0, 0.1) is 11.5 Å². The molecule has 0 spiro atoms. The quantitative estimate of drug-likeness (QED) is 0.214. The molecule has 0 radical (unpaired) electrons. The molecule has 0 aliphatic heterocycles. The van der Waals surface area contributed by atoms with Crippen LogP contribution in [0.2, 0.25) is 19.6 Å². The van der Waals surface area contributed by atoms with Gasteiger partial charge < -0.3 is 9.47 Å². The molecule has 0 bridgehead atoms. The third kappa shape index (κ3) is 6.40. The van der Waals surface area contributed by atoms with Gasteiger partial charge in [-0.1, -0.05) is 86.2 Å². The topological polar surface area (TPSA) is 65.0 Å². The average molecular weight is 436 g/mol. The number of ether oxygens (including phenoxy) is 2. The number of carbonyl (C=O) groups excluding carboxylic acids is 2. The van der Waals surface area contributed by atoms with Crippen molar-refractivity contribution in [3.05, 3.63) is 71.8 Å². The van der Waals surface area contributed by atoms with E-state index in [4.69, 9.17) is 14.5 Å². The summed E-state index contributed by atoms with van der Waals surface area (Å²) in [5.74, 6) is 1.23. The van der Waals surface area contributed by atoms with Gasteiger partial charge in [-0.2, -0.15) is 0 Å². The molecule has 0 saturated heterocycles. The Kier molecular flexibility index (Phi) is 8.35. The minimum Gasteiger partial charge on any atom is -0.463 e. The van der Waals surface area contributed by atoms with Crippen LogP contribution >= 0.6 is 0 Å². The lowest BCUT2D eigenvalue weighted by atomic mass is 9.97. The summed E-state index contributed by atoms with van der Waals surface area (Å²) in [5, 5.41) is 0. The van der Waals surface area contributed by atoms with E-state index in [1.807, 2.05) is 80.3 Å². The molecule has 2 aromatic carbocycles. The number of hydrogen-bond donors (Lipinski definition) is 0.